The van der Waals surface area contributed by atoms with Crippen LogP contribution in [0.1, 0.15) is 17.3 Å². The Morgan fingerprint density at radius 2 is 2.25 bits per heavy atom. The number of nitrogens with one attached hydrogen (secondary N) is 1. The summed E-state index contributed by atoms with van der Waals surface area (Å²) in [6, 6.07) is 4.84. The van der Waals surface area contributed by atoms with Crippen molar-refractivity contribution in [1.82, 2.24) is 0 Å². The van der Waals surface area contributed by atoms with Crippen LogP contribution in [0.5, 0.6) is 0 Å². The summed E-state index contributed by atoms with van der Waals surface area (Å²) in [5, 5.41) is 8.58. The molecule has 0 atom stereocenters. The number of ketones is 1. The second-order valence-corrected chi connectivity index (χ2v) is 2.43. The molecule has 0 fully saturated rings. The molecule has 4 nitrogen and oxygen atoms in total. The summed E-state index contributed by atoms with van der Waals surface area (Å²) in [5.41, 5.74) is 8.50. The van der Waals surface area contributed by atoms with E-state index in [0.29, 0.717) is 11.3 Å². The van der Waals surface area contributed by atoms with E-state index < -0.39 is 0 Å². The maximum atomic E-state index is 10.9. The number of nitrogens with two attached hydrogens (primary N) is 1. The van der Waals surface area contributed by atoms with Gasteiger partial charge < -0.3 is 5.73 Å². The third kappa shape index (κ3) is 1.38. The Kier molecular flexibility index (Phi) is 2.30. The minimum absolute atomic E-state index is 0.121. The number of Topliss-reactive ketones (excluding diaryl/α,β-unsaturated/α-hetero) is 1. The van der Waals surface area contributed by atoms with E-state index in [-0.39, 0.29) is 11.5 Å². The van der Waals surface area contributed by atoms with Crippen molar-refractivity contribution in [2.75, 3.05) is 11.2 Å². The van der Waals surface area contributed by atoms with Gasteiger partial charge in [-0.25, -0.2) is 0 Å². The summed E-state index contributed by atoms with van der Waals surface area (Å²) < 4.78 is 0. The maximum absolute atomic E-state index is 10.9. The molecular weight excluding hydrogens is 156 g/mol. The van der Waals surface area contributed by atoms with Crippen molar-refractivity contribution >= 4 is 17.2 Å². The highest BCUT2D eigenvalue weighted by molar-refractivity contribution is 6.01. The predicted molar refractivity (Wildman–Crippen MR) is 46.3 cm³/mol. The van der Waals surface area contributed by atoms with E-state index >= 15 is 0 Å². The monoisotopic (exact) mass is 166 g/mol. The zero-order valence-corrected chi connectivity index (χ0v) is 6.66. The van der Waals surface area contributed by atoms with E-state index in [1.807, 2.05) is 5.48 Å². The first-order chi connectivity index (χ1) is 5.66. The van der Waals surface area contributed by atoms with Crippen LogP contribution in [0.25, 0.3) is 0 Å². The van der Waals surface area contributed by atoms with Crippen molar-refractivity contribution in [3.63, 3.8) is 0 Å². The predicted octanol–water partition coefficient (Wildman–Crippen LogP) is 1.27. The Morgan fingerprint density at radius 3 is 2.75 bits per heavy atom. The fourth-order valence-corrected chi connectivity index (χ4v) is 0.970. The molecule has 12 heavy (non-hydrogen) atoms. The van der Waals surface area contributed by atoms with E-state index in [9.17, 15) is 4.79 Å². The fraction of sp³-hybridized carbons (Fsp3) is 0.125. The van der Waals surface area contributed by atoms with Gasteiger partial charge in [0.25, 0.3) is 0 Å². The van der Waals surface area contributed by atoms with Crippen LogP contribution in [0.15, 0.2) is 18.2 Å². The van der Waals surface area contributed by atoms with Gasteiger partial charge >= 0.3 is 0 Å². The lowest BCUT2D eigenvalue weighted by Crippen LogP contribution is -2.03. The van der Waals surface area contributed by atoms with Crippen LogP contribution < -0.4 is 11.2 Å². The van der Waals surface area contributed by atoms with Gasteiger partial charge in [-0.15, -0.1) is 0 Å². The average Bonchev–Trinajstić information content (AvgIpc) is 2.04. The minimum atomic E-state index is -0.121. The molecule has 4 heteroatoms. The summed E-state index contributed by atoms with van der Waals surface area (Å²) >= 11 is 0. The zero-order valence-electron chi connectivity index (χ0n) is 6.66. The summed E-state index contributed by atoms with van der Waals surface area (Å²) in [6.45, 7) is 1.42. The van der Waals surface area contributed by atoms with E-state index in [1.165, 1.54) is 6.92 Å². The molecule has 0 heterocycles. The van der Waals surface area contributed by atoms with Crippen molar-refractivity contribution in [1.29, 1.82) is 0 Å². The number of hydrogen-bond acceptors (Lipinski definition) is 4. The normalized spacial score (nSPS) is 9.50. The second kappa shape index (κ2) is 3.23. The van der Waals surface area contributed by atoms with Gasteiger partial charge in [-0.2, -0.15) is 0 Å². The van der Waals surface area contributed by atoms with Gasteiger partial charge in [0.05, 0.1) is 11.4 Å². The number of rotatable bonds is 2. The van der Waals surface area contributed by atoms with Gasteiger partial charge in [0.15, 0.2) is 5.78 Å². The molecule has 0 radical (unpaired) electrons. The molecule has 0 aromatic heterocycles. The highest BCUT2D eigenvalue weighted by atomic mass is 16.5. The number of carbonyl (C=O) groups is 1. The summed E-state index contributed by atoms with van der Waals surface area (Å²) in [4.78, 5) is 10.9. The fourth-order valence-electron chi connectivity index (χ4n) is 0.970. The Labute approximate surface area is 70.0 Å². The number of anilines is 2. The van der Waals surface area contributed by atoms with Crippen LogP contribution in [-0.2, 0) is 0 Å². The summed E-state index contributed by atoms with van der Waals surface area (Å²) in [6.07, 6.45) is 0. The molecule has 1 aromatic carbocycles. The van der Waals surface area contributed by atoms with Crippen molar-refractivity contribution in [3.8, 4) is 0 Å². The molecule has 0 unspecified atom stereocenters. The van der Waals surface area contributed by atoms with E-state index in [1.54, 1.807) is 18.2 Å². The third-order valence-electron chi connectivity index (χ3n) is 1.61. The molecule has 1 aromatic rings. The highest BCUT2D eigenvalue weighted by Crippen LogP contribution is 2.21. The SMILES string of the molecule is CC(=O)c1cccc(NO)c1N. The first-order valence-corrected chi connectivity index (χ1v) is 3.46. The molecule has 64 valence electrons. The Bertz CT molecular complexity index is 310. The molecule has 0 amide bonds. The Morgan fingerprint density at radius 1 is 1.58 bits per heavy atom. The summed E-state index contributed by atoms with van der Waals surface area (Å²) in [7, 11) is 0. The lowest BCUT2D eigenvalue weighted by atomic mass is 10.1. The molecule has 0 spiro atoms. The van der Waals surface area contributed by atoms with Crippen LogP contribution in [0.2, 0.25) is 0 Å². The number of para-hydroxylation sites is 1. The van der Waals surface area contributed by atoms with Crippen LogP contribution in [0, 0.1) is 0 Å². The van der Waals surface area contributed by atoms with Crippen LogP contribution in [-0.4, -0.2) is 11.0 Å². The molecule has 0 saturated heterocycles. The van der Waals surface area contributed by atoms with Gasteiger partial charge in [0.1, 0.15) is 0 Å². The van der Waals surface area contributed by atoms with Gasteiger partial charge in [-0.3, -0.25) is 15.5 Å². The van der Waals surface area contributed by atoms with E-state index in [0.717, 1.165) is 0 Å². The Hall–Kier alpha value is -1.55. The van der Waals surface area contributed by atoms with Crippen LogP contribution >= 0.6 is 0 Å². The number of benzene rings is 1. The second-order valence-electron chi connectivity index (χ2n) is 2.43. The van der Waals surface area contributed by atoms with Crippen molar-refractivity contribution in [3.05, 3.63) is 23.8 Å². The first kappa shape index (κ1) is 8.55. The number of hydrogen-bond donors (Lipinski definition) is 3. The quantitative estimate of drug-likeness (QED) is 0.351. The van der Waals surface area contributed by atoms with Crippen LogP contribution in [0.4, 0.5) is 11.4 Å². The Balaban J connectivity index is 3.23. The zero-order chi connectivity index (χ0) is 9.14. The van der Waals surface area contributed by atoms with Crippen molar-refractivity contribution in [2.45, 2.75) is 6.92 Å². The maximum Gasteiger partial charge on any atom is 0.161 e. The molecular formula is C8H10N2O2. The molecule has 0 aliphatic carbocycles. The molecule has 0 saturated carbocycles. The standard InChI is InChI=1S/C8H10N2O2/c1-5(11)6-3-2-4-7(10-12)8(6)9/h2-4,10,12H,9H2,1H3. The van der Waals surface area contributed by atoms with E-state index in [4.69, 9.17) is 10.9 Å². The van der Waals surface area contributed by atoms with Gasteiger partial charge in [-0.05, 0) is 19.1 Å². The highest BCUT2D eigenvalue weighted by Gasteiger charge is 2.06. The molecule has 0 aliphatic rings. The van der Waals surface area contributed by atoms with Gasteiger partial charge in [-0.1, -0.05) is 6.07 Å². The topological polar surface area (TPSA) is 75.3 Å². The van der Waals surface area contributed by atoms with Gasteiger partial charge in [0, 0.05) is 5.56 Å². The molecule has 0 aliphatic heterocycles. The van der Waals surface area contributed by atoms with Gasteiger partial charge in [0.2, 0.25) is 0 Å². The number of carbonyl (C=O) groups excluding carboxylic acids is 1. The van der Waals surface area contributed by atoms with E-state index in [2.05, 4.69) is 0 Å². The smallest absolute Gasteiger partial charge is 0.161 e. The largest absolute Gasteiger partial charge is 0.396 e. The minimum Gasteiger partial charge on any atom is -0.396 e. The third-order valence-corrected chi connectivity index (χ3v) is 1.61. The van der Waals surface area contributed by atoms with Crippen molar-refractivity contribution < 1.29 is 10.0 Å². The first-order valence-electron chi connectivity index (χ1n) is 3.46. The van der Waals surface area contributed by atoms with Crippen molar-refractivity contribution in [2.24, 2.45) is 0 Å². The average molecular weight is 166 g/mol. The molecule has 1 rings (SSSR count). The van der Waals surface area contributed by atoms with Crippen LogP contribution in [0.3, 0.4) is 0 Å². The summed E-state index contributed by atoms with van der Waals surface area (Å²) in [5.74, 6) is -0.121. The lowest BCUT2D eigenvalue weighted by Gasteiger charge is -2.06. The lowest BCUT2D eigenvalue weighted by molar-refractivity contribution is 0.101. The molecule has 4 N–H and O–H groups in total. The number of nitrogen functional groups attached to an aromatic ring is 1. The molecule has 0 bridgehead atoms.